The third-order valence-electron chi connectivity index (χ3n) is 6.83. The molecule has 0 fully saturated rings. The molecule has 1 N–H and O–H groups in total. The second-order valence-electron chi connectivity index (χ2n) is 9.20. The van der Waals surface area contributed by atoms with Gasteiger partial charge in [0.1, 0.15) is 17.9 Å². The molecule has 0 aliphatic carbocycles. The number of rotatable bonds is 12. The highest BCUT2D eigenvalue weighted by molar-refractivity contribution is 5.84. The van der Waals surface area contributed by atoms with Crippen LogP contribution in [0.25, 0.3) is 22.3 Å². The van der Waals surface area contributed by atoms with E-state index in [2.05, 4.69) is 44.2 Å². The second kappa shape index (κ2) is 12.7. The molecule has 4 aromatic rings. The van der Waals surface area contributed by atoms with Crippen molar-refractivity contribution in [1.29, 1.82) is 0 Å². The minimum atomic E-state index is -0.241. The van der Waals surface area contributed by atoms with Crippen LogP contribution in [0.15, 0.2) is 35.1 Å². The molecule has 1 aromatic carbocycles. The standard InChI is InChI=1S/C29H37N7O4/c1-8-35(9-2)15-16-40-21-13-11-20(12-14-21)31-29-32-27-23(33-34-29)17-22(28(37)36(27)10-3)24-25(38-6)18(4)30-19(5)26(24)39-7/h11-14,17H,8-10,15-16H2,1-7H3,(H,31,32,34). The van der Waals surface area contributed by atoms with Gasteiger partial charge in [0.25, 0.3) is 5.56 Å². The fourth-order valence-electron chi connectivity index (χ4n) is 4.74. The van der Waals surface area contributed by atoms with Crippen LogP contribution in [0.5, 0.6) is 17.2 Å². The van der Waals surface area contributed by atoms with Crippen LogP contribution in [0.2, 0.25) is 0 Å². The number of nitrogens with zero attached hydrogens (tertiary/aromatic N) is 6. The highest BCUT2D eigenvalue weighted by Gasteiger charge is 2.24. The van der Waals surface area contributed by atoms with Crippen molar-refractivity contribution in [3.8, 4) is 28.4 Å². The average Bonchev–Trinajstić information content (AvgIpc) is 2.96. The largest absolute Gasteiger partial charge is 0.494 e. The number of hydrogen-bond acceptors (Lipinski definition) is 10. The summed E-state index contributed by atoms with van der Waals surface area (Å²) >= 11 is 0. The van der Waals surface area contributed by atoms with Crippen LogP contribution in [0.4, 0.5) is 11.6 Å². The van der Waals surface area contributed by atoms with Crippen molar-refractivity contribution in [2.75, 3.05) is 45.8 Å². The third-order valence-corrected chi connectivity index (χ3v) is 6.83. The van der Waals surface area contributed by atoms with Crippen molar-refractivity contribution in [3.63, 3.8) is 0 Å². The summed E-state index contributed by atoms with van der Waals surface area (Å²) < 4.78 is 18.7. The number of benzene rings is 1. The SMILES string of the molecule is CCN(CC)CCOc1ccc(Nc2nnc3cc(-c4c(OC)c(C)nc(C)c4OC)c(=O)n(CC)c3n2)cc1. The minimum absolute atomic E-state index is 0.241. The molecule has 0 spiro atoms. The lowest BCUT2D eigenvalue weighted by Crippen LogP contribution is -2.27. The van der Waals surface area contributed by atoms with Gasteiger partial charge in [-0.15, -0.1) is 10.2 Å². The molecule has 0 amide bonds. The molecular formula is C29H37N7O4. The minimum Gasteiger partial charge on any atom is -0.494 e. The molecule has 40 heavy (non-hydrogen) atoms. The molecule has 11 nitrogen and oxygen atoms in total. The Morgan fingerprint density at radius 3 is 2.15 bits per heavy atom. The average molecular weight is 548 g/mol. The van der Waals surface area contributed by atoms with E-state index in [1.54, 1.807) is 24.9 Å². The number of hydrogen-bond donors (Lipinski definition) is 1. The number of methoxy groups -OCH3 is 2. The molecular weight excluding hydrogens is 510 g/mol. The summed E-state index contributed by atoms with van der Waals surface area (Å²) in [5, 5.41) is 11.8. The maximum Gasteiger partial charge on any atom is 0.260 e. The number of pyridine rings is 2. The number of ether oxygens (including phenoxy) is 3. The molecule has 0 radical (unpaired) electrons. The lowest BCUT2D eigenvalue weighted by molar-refractivity contribution is 0.223. The Morgan fingerprint density at radius 2 is 1.57 bits per heavy atom. The van der Waals surface area contributed by atoms with Crippen LogP contribution in [0, 0.1) is 13.8 Å². The first-order valence-corrected chi connectivity index (χ1v) is 13.4. The van der Waals surface area contributed by atoms with Crippen molar-refractivity contribution >= 4 is 22.8 Å². The van der Waals surface area contributed by atoms with Gasteiger partial charge in [-0.05, 0) is 64.2 Å². The Kier molecular flexibility index (Phi) is 9.15. The first kappa shape index (κ1) is 28.8. The van der Waals surface area contributed by atoms with E-state index in [4.69, 9.17) is 14.2 Å². The van der Waals surface area contributed by atoms with Crippen LogP contribution in [0.3, 0.4) is 0 Å². The lowest BCUT2D eigenvalue weighted by Gasteiger charge is -2.18. The van der Waals surface area contributed by atoms with Crippen LogP contribution in [-0.4, -0.2) is 70.1 Å². The molecule has 0 bridgehead atoms. The quantitative estimate of drug-likeness (QED) is 0.274. The fourth-order valence-corrected chi connectivity index (χ4v) is 4.74. The van der Waals surface area contributed by atoms with Gasteiger partial charge in [-0.1, -0.05) is 13.8 Å². The normalized spacial score (nSPS) is 11.2. The van der Waals surface area contributed by atoms with E-state index in [1.807, 2.05) is 45.0 Å². The molecule has 4 rings (SSSR count). The topological polar surface area (TPSA) is 117 Å². The van der Waals surface area contributed by atoms with Gasteiger partial charge in [-0.25, -0.2) is 0 Å². The monoisotopic (exact) mass is 547 g/mol. The summed E-state index contributed by atoms with van der Waals surface area (Å²) in [6.07, 6.45) is 0. The Bertz CT molecular complexity index is 1500. The molecule has 3 heterocycles. The third kappa shape index (κ3) is 5.84. The van der Waals surface area contributed by atoms with Gasteiger partial charge in [0, 0.05) is 18.8 Å². The van der Waals surface area contributed by atoms with Gasteiger partial charge < -0.3 is 24.4 Å². The van der Waals surface area contributed by atoms with Gasteiger partial charge in [0.15, 0.2) is 17.1 Å². The number of aryl methyl sites for hydroxylation is 3. The number of nitrogens with one attached hydrogen (secondary N) is 1. The van der Waals surface area contributed by atoms with E-state index in [9.17, 15) is 4.79 Å². The molecule has 0 unspecified atom stereocenters. The molecule has 3 aromatic heterocycles. The second-order valence-corrected chi connectivity index (χ2v) is 9.20. The highest BCUT2D eigenvalue weighted by atomic mass is 16.5. The predicted octanol–water partition coefficient (Wildman–Crippen LogP) is 4.37. The van der Waals surface area contributed by atoms with E-state index in [1.165, 1.54) is 0 Å². The zero-order chi connectivity index (χ0) is 28.8. The summed E-state index contributed by atoms with van der Waals surface area (Å²) in [6, 6.07) is 9.25. The molecule has 0 saturated carbocycles. The van der Waals surface area contributed by atoms with Crippen LogP contribution in [-0.2, 0) is 6.54 Å². The van der Waals surface area contributed by atoms with E-state index in [-0.39, 0.29) is 11.5 Å². The van der Waals surface area contributed by atoms with Crippen molar-refractivity contribution in [2.45, 2.75) is 41.2 Å². The van der Waals surface area contributed by atoms with Crippen LogP contribution in [0.1, 0.15) is 32.2 Å². The summed E-state index contributed by atoms with van der Waals surface area (Å²) in [5.41, 5.74) is 3.65. The zero-order valence-electron chi connectivity index (χ0n) is 24.2. The van der Waals surface area contributed by atoms with Crippen LogP contribution >= 0.6 is 0 Å². The van der Waals surface area contributed by atoms with Gasteiger partial charge in [0.05, 0.1) is 36.7 Å². The first-order chi connectivity index (χ1) is 19.3. The molecule has 0 aliphatic rings. The summed E-state index contributed by atoms with van der Waals surface area (Å²) in [5.74, 6) is 2.01. The first-order valence-electron chi connectivity index (χ1n) is 13.4. The highest BCUT2D eigenvalue weighted by Crippen LogP contribution is 2.40. The maximum absolute atomic E-state index is 13.8. The van der Waals surface area contributed by atoms with E-state index >= 15 is 0 Å². The Labute approximate surface area is 234 Å². The Morgan fingerprint density at radius 1 is 0.925 bits per heavy atom. The van der Waals surface area contributed by atoms with Gasteiger partial charge in [-0.3, -0.25) is 14.3 Å². The predicted molar refractivity (Wildman–Crippen MR) is 156 cm³/mol. The van der Waals surface area contributed by atoms with Crippen molar-refractivity contribution < 1.29 is 14.2 Å². The number of likely N-dealkylation sites (N-methyl/N-ethyl adjacent to an activating group) is 1. The number of fused-ring (bicyclic) bond motifs is 1. The summed E-state index contributed by atoms with van der Waals surface area (Å²) in [7, 11) is 3.10. The molecule has 0 aliphatic heterocycles. The smallest absolute Gasteiger partial charge is 0.260 e. The lowest BCUT2D eigenvalue weighted by atomic mass is 10.0. The van der Waals surface area contributed by atoms with Gasteiger partial charge in [0.2, 0.25) is 5.95 Å². The number of aromatic nitrogens is 5. The maximum atomic E-state index is 13.8. The summed E-state index contributed by atoms with van der Waals surface area (Å²) in [6.45, 7) is 13.7. The Hall–Kier alpha value is -4.25. The molecule has 212 valence electrons. The van der Waals surface area contributed by atoms with E-state index < -0.39 is 0 Å². The Balaban J connectivity index is 1.65. The van der Waals surface area contributed by atoms with Gasteiger partial charge in [-0.2, -0.15) is 4.98 Å². The van der Waals surface area contributed by atoms with E-state index in [0.29, 0.717) is 58.3 Å². The van der Waals surface area contributed by atoms with Crippen LogP contribution < -0.4 is 25.1 Å². The fraction of sp³-hybridized carbons (Fsp3) is 0.414. The van der Waals surface area contributed by atoms with Gasteiger partial charge >= 0.3 is 0 Å². The molecule has 0 saturated heterocycles. The van der Waals surface area contributed by atoms with Crippen molar-refractivity contribution in [1.82, 2.24) is 29.6 Å². The van der Waals surface area contributed by atoms with Crippen molar-refractivity contribution in [3.05, 3.63) is 52.1 Å². The van der Waals surface area contributed by atoms with E-state index in [0.717, 1.165) is 31.1 Å². The molecule has 0 atom stereocenters. The molecule has 11 heteroatoms. The van der Waals surface area contributed by atoms with Crippen molar-refractivity contribution in [2.24, 2.45) is 0 Å². The summed E-state index contributed by atoms with van der Waals surface area (Å²) in [4.78, 5) is 25.2. The number of anilines is 2. The zero-order valence-corrected chi connectivity index (χ0v) is 24.2.